The van der Waals surface area contributed by atoms with Crippen LogP contribution in [-0.2, 0) is 16.6 Å². The van der Waals surface area contributed by atoms with Crippen molar-refractivity contribution in [1.29, 1.82) is 0 Å². The molecule has 0 fully saturated rings. The normalized spacial score (nSPS) is 11.8. The number of hydrogen-bond acceptors (Lipinski definition) is 3. The summed E-state index contributed by atoms with van der Waals surface area (Å²) < 4.78 is 25.9. The van der Waals surface area contributed by atoms with Crippen LogP contribution in [0.1, 0.15) is 5.56 Å². The van der Waals surface area contributed by atoms with Crippen LogP contribution in [0, 0.1) is 0 Å². The van der Waals surface area contributed by atoms with E-state index in [4.69, 9.17) is 11.6 Å². The van der Waals surface area contributed by atoms with E-state index in [2.05, 4.69) is 0 Å². The van der Waals surface area contributed by atoms with E-state index in [0.717, 1.165) is 5.56 Å². The smallest absolute Gasteiger partial charge is 0.243 e. The summed E-state index contributed by atoms with van der Waals surface area (Å²) in [4.78, 5) is 0.129. The molecule has 4 nitrogen and oxygen atoms in total. The molecule has 0 aliphatic carbocycles. The van der Waals surface area contributed by atoms with Gasteiger partial charge in [-0.25, -0.2) is 8.42 Å². The number of sulfonamides is 1. The summed E-state index contributed by atoms with van der Waals surface area (Å²) in [7, 11) is -2.12. The van der Waals surface area contributed by atoms with Crippen molar-refractivity contribution in [2.45, 2.75) is 11.4 Å². The van der Waals surface area contributed by atoms with Crippen molar-refractivity contribution in [2.75, 3.05) is 7.05 Å². The van der Waals surface area contributed by atoms with Crippen molar-refractivity contribution in [3.63, 3.8) is 0 Å². The van der Waals surface area contributed by atoms with Crippen molar-refractivity contribution >= 4 is 21.6 Å². The van der Waals surface area contributed by atoms with Crippen LogP contribution in [-0.4, -0.2) is 24.9 Å². The van der Waals surface area contributed by atoms with Gasteiger partial charge in [0.15, 0.2) is 0 Å². The topological polar surface area (TPSA) is 57.6 Å². The highest BCUT2D eigenvalue weighted by Crippen LogP contribution is 2.22. The molecule has 2 aromatic carbocycles. The van der Waals surface area contributed by atoms with Crippen LogP contribution < -0.4 is 0 Å². The van der Waals surface area contributed by atoms with Crippen LogP contribution >= 0.6 is 11.6 Å². The van der Waals surface area contributed by atoms with Gasteiger partial charge in [0.1, 0.15) is 5.75 Å². The molecule has 0 amide bonds. The lowest BCUT2D eigenvalue weighted by Crippen LogP contribution is -2.26. The first kappa shape index (κ1) is 14.8. The van der Waals surface area contributed by atoms with Gasteiger partial charge in [-0.1, -0.05) is 29.8 Å². The fourth-order valence-corrected chi connectivity index (χ4v) is 3.09. The average molecular weight is 312 g/mol. The number of nitrogens with zero attached hydrogens (tertiary/aromatic N) is 1. The summed E-state index contributed by atoms with van der Waals surface area (Å²) >= 11 is 6.03. The van der Waals surface area contributed by atoms with E-state index in [0.29, 0.717) is 5.02 Å². The molecule has 20 heavy (non-hydrogen) atoms. The molecule has 0 aromatic heterocycles. The zero-order chi connectivity index (χ0) is 14.8. The highest BCUT2D eigenvalue weighted by atomic mass is 35.5. The number of hydrogen-bond donors (Lipinski definition) is 1. The molecule has 0 heterocycles. The van der Waals surface area contributed by atoms with E-state index in [1.165, 1.54) is 35.6 Å². The number of rotatable bonds is 4. The van der Waals surface area contributed by atoms with Crippen molar-refractivity contribution in [3.05, 3.63) is 59.1 Å². The number of phenols is 1. The third-order valence-electron chi connectivity index (χ3n) is 2.90. The third-order valence-corrected chi connectivity index (χ3v) is 5.08. The van der Waals surface area contributed by atoms with Crippen LogP contribution in [0.15, 0.2) is 53.4 Å². The maximum atomic E-state index is 12.4. The average Bonchev–Trinajstić information content (AvgIpc) is 2.41. The van der Waals surface area contributed by atoms with Crippen LogP contribution in [0.2, 0.25) is 5.02 Å². The number of halogens is 1. The Morgan fingerprint density at radius 3 is 2.30 bits per heavy atom. The lowest BCUT2D eigenvalue weighted by atomic mass is 10.2. The first-order valence-electron chi connectivity index (χ1n) is 5.90. The number of phenolic OH excluding ortho intramolecular Hbond substituents is 1. The Balaban J connectivity index is 2.26. The lowest BCUT2D eigenvalue weighted by Gasteiger charge is -2.18. The summed E-state index contributed by atoms with van der Waals surface area (Å²) in [5, 5.41) is 9.73. The Hall–Kier alpha value is -1.56. The first-order valence-corrected chi connectivity index (χ1v) is 7.72. The molecule has 0 unspecified atom stereocenters. The highest BCUT2D eigenvalue weighted by Gasteiger charge is 2.21. The lowest BCUT2D eigenvalue weighted by molar-refractivity contribution is 0.465. The predicted octanol–water partition coefficient (Wildman–Crippen LogP) is 2.87. The Morgan fingerprint density at radius 1 is 1.10 bits per heavy atom. The highest BCUT2D eigenvalue weighted by molar-refractivity contribution is 7.89. The summed E-state index contributed by atoms with van der Waals surface area (Å²) in [5.74, 6) is 0.0257. The molecule has 2 aromatic rings. The molecule has 0 radical (unpaired) electrons. The zero-order valence-corrected chi connectivity index (χ0v) is 12.4. The molecule has 0 bridgehead atoms. The van der Waals surface area contributed by atoms with Crippen molar-refractivity contribution in [1.82, 2.24) is 4.31 Å². The SMILES string of the molecule is CN(Cc1ccccc1Cl)S(=O)(=O)c1ccc(O)cc1. The molecule has 2 rings (SSSR count). The van der Waals surface area contributed by atoms with E-state index < -0.39 is 10.0 Å². The zero-order valence-electron chi connectivity index (χ0n) is 10.8. The van der Waals surface area contributed by atoms with E-state index in [9.17, 15) is 13.5 Å². The van der Waals surface area contributed by atoms with E-state index in [1.54, 1.807) is 18.2 Å². The predicted molar refractivity (Wildman–Crippen MR) is 78.2 cm³/mol. The standard InChI is InChI=1S/C14H14ClNO3S/c1-16(10-11-4-2-3-5-14(11)15)20(18,19)13-8-6-12(17)7-9-13/h2-9,17H,10H2,1H3. The largest absolute Gasteiger partial charge is 0.508 e. The van der Waals surface area contributed by atoms with E-state index >= 15 is 0 Å². The van der Waals surface area contributed by atoms with Crippen LogP contribution in [0.25, 0.3) is 0 Å². The van der Waals surface area contributed by atoms with Gasteiger partial charge < -0.3 is 5.11 Å². The molecule has 106 valence electrons. The van der Waals surface area contributed by atoms with Gasteiger partial charge in [0.2, 0.25) is 10.0 Å². The van der Waals surface area contributed by atoms with E-state index in [-0.39, 0.29) is 17.2 Å². The monoisotopic (exact) mass is 311 g/mol. The summed E-state index contributed by atoms with van der Waals surface area (Å²) in [6.45, 7) is 0.183. The van der Waals surface area contributed by atoms with Gasteiger partial charge in [0.25, 0.3) is 0 Å². The van der Waals surface area contributed by atoms with Crippen molar-refractivity contribution in [3.8, 4) is 5.75 Å². The molecular weight excluding hydrogens is 298 g/mol. The van der Waals surface area contributed by atoms with Crippen molar-refractivity contribution in [2.24, 2.45) is 0 Å². The number of benzene rings is 2. The Bertz CT molecular complexity index is 699. The molecule has 1 N–H and O–H groups in total. The van der Waals surface area contributed by atoms with Crippen LogP contribution in [0.5, 0.6) is 5.75 Å². The molecule has 6 heteroatoms. The summed E-state index contributed by atoms with van der Waals surface area (Å²) in [6, 6.07) is 12.5. The van der Waals surface area contributed by atoms with Gasteiger partial charge in [-0.2, -0.15) is 4.31 Å². The second-order valence-electron chi connectivity index (χ2n) is 4.35. The Kier molecular flexibility index (Phi) is 4.32. The number of aromatic hydroxyl groups is 1. The van der Waals surface area contributed by atoms with Crippen molar-refractivity contribution < 1.29 is 13.5 Å². The molecule has 0 aliphatic heterocycles. The van der Waals surface area contributed by atoms with Gasteiger partial charge in [0.05, 0.1) is 4.90 Å². The van der Waals surface area contributed by atoms with Crippen LogP contribution in [0.3, 0.4) is 0 Å². The second-order valence-corrected chi connectivity index (χ2v) is 6.80. The molecule has 0 saturated carbocycles. The summed E-state index contributed by atoms with van der Waals surface area (Å²) in [5.41, 5.74) is 0.735. The molecule has 0 atom stereocenters. The van der Waals surface area contributed by atoms with Gasteiger partial charge in [-0.3, -0.25) is 0 Å². The molecule has 0 saturated heterocycles. The fraction of sp³-hybridized carbons (Fsp3) is 0.143. The van der Waals surface area contributed by atoms with Crippen LogP contribution in [0.4, 0.5) is 0 Å². The maximum Gasteiger partial charge on any atom is 0.243 e. The van der Waals surface area contributed by atoms with Gasteiger partial charge >= 0.3 is 0 Å². The summed E-state index contributed by atoms with van der Waals surface area (Å²) in [6.07, 6.45) is 0. The minimum Gasteiger partial charge on any atom is -0.508 e. The molecular formula is C14H14ClNO3S. The first-order chi connectivity index (χ1) is 9.41. The van der Waals surface area contributed by atoms with Gasteiger partial charge in [0, 0.05) is 18.6 Å². The second kappa shape index (κ2) is 5.83. The Morgan fingerprint density at radius 2 is 1.70 bits per heavy atom. The molecule has 0 spiro atoms. The third kappa shape index (κ3) is 3.12. The quantitative estimate of drug-likeness (QED) is 0.944. The Labute approximate surface area is 123 Å². The molecule has 0 aliphatic rings. The minimum absolute atomic E-state index is 0.0257. The minimum atomic E-state index is -3.61. The van der Waals surface area contributed by atoms with Gasteiger partial charge in [-0.15, -0.1) is 0 Å². The maximum absolute atomic E-state index is 12.4. The van der Waals surface area contributed by atoms with Gasteiger partial charge in [-0.05, 0) is 35.9 Å². The fourth-order valence-electron chi connectivity index (χ4n) is 1.75. The van der Waals surface area contributed by atoms with E-state index in [1.807, 2.05) is 6.07 Å².